The Bertz CT molecular complexity index is 370. The van der Waals surface area contributed by atoms with Crippen molar-refractivity contribution in [3.63, 3.8) is 0 Å². The monoisotopic (exact) mass is 270 g/mol. The van der Waals surface area contributed by atoms with Crippen molar-refractivity contribution in [3.8, 4) is 0 Å². The summed E-state index contributed by atoms with van der Waals surface area (Å²) in [6.07, 6.45) is 0. The van der Waals surface area contributed by atoms with E-state index in [2.05, 4.69) is 0 Å². The molecule has 1 aromatic carbocycles. The first-order valence-corrected chi connectivity index (χ1v) is 6.54. The minimum atomic E-state index is -0.402. The van der Waals surface area contributed by atoms with Crippen LogP contribution in [0.5, 0.6) is 0 Å². The number of aliphatic hydroxyl groups is 2. The molecule has 0 bridgehead atoms. The van der Waals surface area contributed by atoms with Crippen molar-refractivity contribution in [2.24, 2.45) is 11.7 Å². The lowest BCUT2D eigenvalue weighted by Gasteiger charge is -2.28. The van der Waals surface area contributed by atoms with Gasteiger partial charge in [0.15, 0.2) is 0 Å². The zero-order valence-corrected chi connectivity index (χ0v) is 11.3. The Morgan fingerprint density at radius 3 is 2.32 bits per heavy atom. The maximum absolute atomic E-state index is 13.7. The lowest BCUT2D eigenvalue weighted by Crippen LogP contribution is -2.37. The minimum Gasteiger partial charge on any atom is -0.395 e. The number of nitrogens with two attached hydrogens (primary N) is 1. The van der Waals surface area contributed by atoms with Gasteiger partial charge in [0.05, 0.1) is 13.2 Å². The lowest BCUT2D eigenvalue weighted by atomic mass is 9.94. The van der Waals surface area contributed by atoms with Crippen LogP contribution in [0.25, 0.3) is 0 Å². The van der Waals surface area contributed by atoms with Crippen molar-refractivity contribution < 1.29 is 14.6 Å². The van der Waals surface area contributed by atoms with Crippen LogP contribution < -0.4 is 5.73 Å². The van der Waals surface area contributed by atoms with Crippen molar-refractivity contribution in [2.45, 2.75) is 13.0 Å². The molecule has 108 valence electrons. The third-order valence-electron chi connectivity index (χ3n) is 3.26. The predicted octanol–water partition coefficient (Wildman–Crippen LogP) is 0.748. The summed E-state index contributed by atoms with van der Waals surface area (Å²) in [6, 6.07) is 6.10. The van der Waals surface area contributed by atoms with E-state index in [9.17, 15) is 4.39 Å². The Morgan fingerprint density at radius 1 is 1.21 bits per heavy atom. The number of hydrogen-bond acceptors (Lipinski definition) is 4. The number of benzene rings is 1. The van der Waals surface area contributed by atoms with Crippen LogP contribution in [0.1, 0.15) is 18.5 Å². The van der Waals surface area contributed by atoms with Gasteiger partial charge in [-0.25, -0.2) is 4.39 Å². The summed E-state index contributed by atoms with van der Waals surface area (Å²) in [6.45, 7) is 3.57. The maximum Gasteiger partial charge on any atom is 0.127 e. The largest absolute Gasteiger partial charge is 0.395 e. The molecule has 19 heavy (non-hydrogen) atoms. The molecule has 2 atom stereocenters. The van der Waals surface area contributed by atoms with Crippen LogP contribution in [0.2, 0.25) is 0 Å². The third kappa shape index (κ3) is 4.87. The average Bonchev–Trinajstić information content (AvgIpc) is 2.39. The van der Waals surface area contributed by atoms with Crippen molar-refractivity contribution >= 4 is 0 Å². The highest BCUT2D eigenvalue weighted by molar-refractivity contribution is 5.21. The SMILES string of the molecule is CC(CN(CCO)CCO)C(N)c1ccccc1F. The second-order valence-corrected chi connectivity index (χ2v) is 4.77. The predicted molar refractivity (Wildman–Crippen MR) is 73.1 cm³/mol. The normalized spacial score (nSPS) is 14.6. The highest BCUT2D eigenvalue weighted by atomic mass is 19.1. The van der Waals surface area contributed by atoms with Crippen LogP contribution in [-0.4, -0.2) is 48.0 Å². The van der Waals surface area contributed by atoms with Gasteiger partial charge in [-0.3, -0.25) is 4.90 Å². The molecule has 4 nitrogen and oxygen atoms in total. The molecule has 0 aliphatic rings. The molecule has 1 aromatic rings. The highest BCUT2D eigenvalue weighted by Gasteiger charge is 2.20. The van der Waals surface area contributed by atoms with E-state index >= 15 is 0 Å². The fraction of sp³-hybridized carbons (Fsp3) is 0.571. The molecular formula is C14H23FN2O2. The molecule has 1 rings (SSSR count). The van der Waals surface area contributed by atoms with Crippen molar-refractivity contribution in [1.82, 2.24) is 4.90 Å². The molecule has 0 heterocycles. The first kappa shape index (κ1) is 16.0. The van der Waals surface area contributed by atoms with Gasteiger partial charge >= 0.3 is 0 Å². The minimum absolute atomic E-state index is 0.0231. The van der Waals surface area contributed by atoms with E-state index in [0.717, 1.165) is 0 Å². The van der Waals surface area contributed by atoms with Gasteiger partial charge in [-0.15, -0.1) is 0 Å². The molecular weight excluding hydrogens is 247 g/mol. The Hall–Kier alpha value is -1.01. The second-order valence-electron chi connectivity index (χ2n) is 4.77. The lowest BCUT2D eigenvalue weighted by molar-refractivity contribution is 0.141. The molecule has 0 spiro atoms. The number of rotatable bonds is 8. The first-order valence-electron chi connectivity index (χ1n) is 6.54. The molecule has 0 aliphatic heterocycles. The van der Waals surface area contributed by atoms with Crippen LogP contribution in [0.4, 0.5) is 4.39 Å². The summed E-state index contributed by atoms with van der Waals surface area (Å²) in [5.74, 6) is -0.271. The van der Waals surface area contributed by atoms with Crippen LogP contribution >= 0.6 is 0 Å². The van der Waals surface area contributed by atoms with Gasteiger partial charge in [0.25, 0.3) is 0 Å². The van der Waals surface area contributed by atoms with Crippen molar-refractivity contribution in [3.05, 3.63) is 35.6 Å². The van der Waals surface area contributed by atoms with Gasteiger partial charge in [-0.2, -0.15) is 0 Å². The fourth-order valence-corrected chi connectivity index (χ4v) is 2.15. The molecule has 0 saturated heterocycles. The molecule has 0 radical (unpaired) electrons. The molecule has 5 heteroatoms. The van der Waals surface area contributed by atoms with Crippen LogP contribution in [0.3, 0.4) is 0 Å². The van der Waals surface area contributed by atoms with E-state index in [1.165, 1.54) is 6.07 Å². The van der Waals surface area contributed by atoms with E-state index in [0.29, 0.717) is 25.2 Å². The zero-order valence-electron chi connectivity index (χ0n) is 11.3. The second kappa shape index (κ2) is 8.22. The van der Waals surface area contributed by atoms with Gasteiger partial charge in [0.2, 0.25) is 0 Å². The Morgan fingerprint density at radius 2 is 1.79 bits per heavy atom. The fourth-order valence-electron chi connectivity index (χ4n) is 2.15. The molecule has 0 aliphatic carbocycles. The molecule has 0 aromatic heterocycles. The standard InChI is InChI=1S/C14H23FN2O2/c1-11(10-17(6-8-18)7-9-19)14(16)12-4-2-3-5-13(12)15/h2-5,11,14,18-19H,6-10,16H2,1H3. The number of nitrogens with zero attached hydrogens (tertiary/aromatic N) is 1. The number of hydrogen-bond donors (Lipinski definition) is 3. The number of halogens is 1. The Labute approximate surface area is 113 Å². The molecule has 0 saturated carbocycles. The third-order valence-corrected chi connectivity index (χ3v) is 3.26. The van der Waals surface area contributed by atoms with Gasteiger partial charge in [0, 0.05) is 31.2 Å². The van der Waals surface area contributed by atoms with E-state index in [-0.39, 0.29) is 24.9 Å². The van der Waals surface area contributed by atoms with E-state index in [1.54, 1.807) is 18.2 Å². The van der Waals surface area contributed by atoms with Crippen molar-refractivity contribution in [2.75, 3.05) is 32.8 Å². The summed E-state index contributed by atoms with van der Waals surface area (Å²) in [4.78, 5) is 1.92. The van der Waals surface area contributed by atoms with E-state index in [4.69, 9.17) is 15.9 Å². The summed E-state index contributed by atoms with van der Waals surface area (Å²) in [5, 5.41) is 17.9. The topological polar surface area (TPSA) is 69.7 Å². The van der Waals surface area contributed by atoms with Gasteiger partial charge < -0.3 is 15.9 Å². The van der Waals surface area contributed by atoms with Crippen molar-refractivity contribution in [1.29, 1.82) is 0 Å². The highest BCUT2D eigenvalue weighted by Crippen LogP contribution is 2.22. The van der Waals surface area contributed by atoms with E-state index < -0.39 is 6.04 Å². The molecule has 2 unspecified atom stereocenters. The Kier molecular flexibility index (Phi) is 6.94. The summed E-state index contributed by atoms with van der Waals surface area (Å²) in [7, 11) is 0. The van der Waals surface area contributed by atoms with Gasteiger partial charge in [-0.05, 0) is 12.0 Å². The van der Waals surface area contributed by atoms with Crippen LogP contribution in [-0.2, 0) is 0 Å². The van der Waals surface area contributed by atoms with Crippen LogP contribution in [0.15, 0.2) is 24.3 Å². The Balaban J connectivity index is 2.65. The molecule has 0 amide bonds. The summed E-state index contributed by atoms with van der Waals surface area (Å²) < 4.78 is 13.7. The van der Waals surface area contributed by atoms with Gasteiger partial charge in [-0.1, -0.05) is 25.1 Å². The molecule has 0 fully saturated rings. The van der Waals surface area contributed by atoms with Gasteiger partial charge in [0.1, 0.15) is 5.82 Å². The van der Waals surface area contributed by atoms with E-state index in [1.807, 2.05) is 11.8 Å². The zero-order chi connectivity index (χ0) is 14.3. The maximum atomic E-state index is 13.7. The summed E-state index contributed by atoms with van der Waals surface area (Å²) >= 11 is 0. The summed E-state index contributed by atoms with van der Waals surface area (Å²) in [5.41, 5.74) is 6.59. The smallest absolute Gasteiger partial charge is 0.127 e. The first-order chi connectivity index (χ1) is 9.10. The van der Waals surface area contributed by atoms with Crippen LogP contribution in [0, 0.1) is 11.7 Å². The number of aliphatic hydroxyl groups excluding tert-OH is 2. The quantitative estimate of drug-likeness (QED) is 0.652. The average molecular weight is 270 g/mol. The molecule has 4 N–H and O–H groups in total.